The summed E-state index contributed by atoms with van der Waals surface area (Å²) in [5, 5.41) is 10.4. The molecule has 196 valence electrons. The van der Waals surface area contributed by atoms with Crippen LogP contribution >= 0.6 is 0 Å². The van der Waals surface area contributed by atoms with Crippen LogP contribution < -0.4 is 5.32 Å². The highest BCUT2D eigenvalue weighted by atomic mass is 32.2. The normalized spacial score (nSPS) is 17.9. The molecule has 0 radical (unpaired) electrons. The number of carboxylic acids is 1. The average molecular weight is 535 g/mol. The molecule has 2 aromatic heterocycles. The van der Waals surface area contributed by atoms with Crippen LogP contribution in [0.4, 0.5) is 22.0 Å². The lowest BCUT2D eigenvalue weighted by Crippen LogP contribution is -2.46. The number of carboxylic acid groups (broad SMARTS) is 1. The number of hydrogen-bond acceptors (Lipinski definition) is 6. The number of nitrogens with zero attached hydrogens (tertiary/aromatic N) is 3. The Bertz CT molecular complexity index is 1320. The minimum Gasteiger partial charge on any atom is -0.475 e. The number of aryl methyl sites for hydroxylation is 2. The fourth-order valence-corrected chi connectivity index (χ4v) is 5.05. The standard InChI is InChI=1S/C20H22F2N4O2S.C2HF3O2/c1-14-2-5-16(6-3-14)29(27,28)26-11-9-17-18(24-13-25-19(17)26)7-4-15-8-10-23-12-20(15,21)22;3-2(4,5)1(6)7/h2-3,5-6,9,11,13,15,23H,4,7-8,10,12H2,1H3;(H,6,7)/t15-;/m0./s1. The molecule has 1 aliphatic heterocycles. The second-order valence-electron chi connectivity index (χ2n) is 8.25. The largest absolute Gasteiger partial charge is 0.490 e. The molecule has 1 fully saturated rings. The third kappa shape index (κ3) is 6.16. The number of alkyl halides is 5. The maximum absolute atomic E-state index is 14.1. The van der Waals surface area contributed by atoms with Gasteiger partial charge < -0.3 is 10.4 Å². The number of halogens is 5. The molecule has 36 heavy (non-hydrogen) atoms. The Morgan fingerprint density at radius 2 is 1.83 bits per heavy atom. The lowest BCUT2D eigenvalue weighted by Gasteiger charge is -2.31. The number of carbonyl (C=O) groups is 1. The van der Waals surface area contributed by atoms with Gasteiger partial charge in [-0.05, 0) is 50.9 Å². The molecule has 1 aliphatic rings. The average Bonchev–Trinajstić information content (AvgIpc) is 3.24. The van der Waals surface area contributed by atoms with Crippen LogP contribution in [0.3, 0.4) is 0 Å². The zero-order chi connectivity index (χ0) is 26.7. The van der Waals surface area contributed by atoms with Crippen LogP contribution in [0.5, 0.6) is 0 Å². The Kier molecular flexibility index (Phi) is 7.98. The summed E-state index contributed by atoms with van der Waals surface area (Å²) >= 11 is 0. The number of nitrogens with one attached hydrogen (secondary N) is 1. The van der Waals surface area contributed by atoms with Gasteiger partial charge in [0.15, 0.2) is 5.65 Å². The highest BCUT2D eigenvalue weighted by Gasteiger charge is 2.41. The molecular weight excluding hydrogens is 511 g/mol. The van der Waals surface area contributed by atoms with Crippen LogP contribution in [0.15, 0.2) is 47.8 Å². The Labute approximate surface area is 203 Å². The highest BCUT2D eigenvalue weighted by molar-refractivity contribution is 7.90. The maximum atomic E-state index is 14.1. The molecule has 1 atom stereocenters. The summed E-state index contributed by atoms with van der Waals surface area (Å²) in [6.45, 7) is 2.15. The molecule has 0 unspecified atom stereocenters. The van der Waals surface area contributed by atoms with Crippen molar-refractivity contribution in [3.63, 3.8) is 0 Å². The third-order valence-corrected chi connectivity index (χ3v) is 7.39. The van der Waals surface area contributed by atoms with Crippen molar-refractivity contribution in [2.45, 2.75) is 43.2 Å². The zero-order valence-corrected chi connectivity index (χ0v) is 19.8. The van der Waals surface area contributed by atoms with Gasteiger partial charge in [-0.15, -0.1) is 0 Å². The summed E-state index contributed by atoms with van der Waals surface area (Å²) in [4.78, 5) is 17.4. The topological polar surface area (TPSA) is 114 Å². The first kappa shape index (κ1) is 27.5. The van der Waals surface area contributed by atoms with Gasteiger partial charge in [0, 0.05) is 17.5 Å². The quantitative estimate of drug-likeness (QED) is 0.479. The number of benzene rings is 1. The van der Waals surface area contributed by atoms with E-state index in [9.17, 15) is 30.4 Å². The first-order valence-corrected chi connectivity index (χ1v) is 12.2. The molecule has 0 aliphatic carbocycles. The molecule has 2 N–H and O–H groups in total. The SMILES string of the molecule is Cc1ccc(S(=O)(=O)n2ccc3c(CC[C@H]4CCNCC4(F)F)ncnc32)cc1.O=C(O)C(F)(F)F. The van der Waals surface area contributed by atoms with E-state index in [1.165, 1.54) is 12.5 Å². The number of hydrogen-bond donors (Lipinski definition) is 2. The Hall–Kier alpha value is -3.13. The lowest BCUT2D eigenvalue weighted by atomic mass is 9.89. The molecule has 8 nitrogen and oxygen atoms in total. The molecule has 3 heterocycles. The fraction of sp³-hybridized carbons (Fsp3) is 0.409. The van der Waals surface area contributed by atoms with Gasteiger partial charge in [0.05, 0.1) is 17.1 Å². The van der Waals surface area contributed by atoms with Crippen molar-refractivity contribution in [2.24, 2.45) is 5.92 Å². The van der Waals surface area contributed by atoms with Gasteiger partial charge in [-0.25, -0.2) is 35.9 Å². The first-order valence-electron chi connectivity index (χ1n) is 10.8. The molecule has 1 saturated heterocycles. The summed E-state index contributed by atoms with van der Waals surface area (Å²) in [5.74, 6) is -6.22. The zero-order valence-electron chi connectivity index (χ0n) is 19.0. The van der Waals surface area contributed by atoms with Gasteiger partial charge in [-0.1, -0.05) is 17.7 Å². The van der Waals surface area contributed by atoms with Crippen molar-refractivity contribution in [2.75, 3.05) is 13.1 Å². The predicted octanol–water partition coefficient (Wildman–Crippen LogP) is 3.79. The minimum atomic E-state index is -5.08. The number of piperidine rings is 1. The van der Waals surface area contributed by atoms with E-state index in [0.29, 0.717) is 30.5 Å². The third-order valence-electron chi connectivity index (χ3n) is 5.71. The van der Waals surface area contributed by atoms with E-state index in [4.69, 9.17) is 9.90 Å². The molecule has 0 spiro atoms. The first-order chi connectivity index (χ1) is 16.7. The summed E-state index contributed by atoms with van der Waals surface area (Å²) in [5.41, 5.74) is 1.80. The molecule has 14 heteroatoms. The summed E-state index contributed by atoms with van der Waals surface area (Å²) < 4.78 is 87.1. The van der Waals surface area contributed by atoms with Gasteiger partial charge >= 0.3 is 12.1 Å². The van der Waals surface area contributed by atoms with Gasteiger partial charge in [-0.2, -0.15) is 13.2 Å². The molecule has 4 rings (SSSR count). The lowest BCUT2D eigenvalue weighted by molar-refractivity contribution is -0.192. The number of aromatic nitrogens is 3. The summed E-state index contributed by atoms with van der Waals surface area (Å²) in [7, 11) is -3.81. The minimum absolute atomic E-state index is 0.162. The summed E-state index contributed by atoms with van der Waals surface area (Å²) in [6.07, 6.45) is -1.31. The van der Waals surface area contributed by atoms with E-state index in [1.54, 1.807) is 30.3 Å². The van der Waals surface area contributed by atoms with Crippen molar-refractivity contribution in [3.8, 4) is 0 Å². The van der Waals surface area contributed by atoms with Crippen molar-refractivity contribution in [3.05, 3.63) is 54.1 Å². The predicted molar refractivity (Wildman–Crippen MR) is 119 cm³/mol. The molecule has 0 saturated carbocycles. The van der Waals surface area contributed by atoms with E-state index in [1.807, 2.05) is 6.92 Å². The monoisotopic (exact) mass is 534 g/mol. The Balaban J connectivity index is 0.000000454. The van der Waals surface area contributed by atoms with Crippen LogP contribution in [0.25, 0.3) is 11.0 Å². The van der Waals surface area contributed by atoms with Crippen LogP contribution in [0, 0.1) is 12.8 Å². The van der Waals surface area contributed by atoms with Crippen LogP contribution in [0.1, 0.15) is 24.1 Å². The van der Waals surface area contributed by atoms with Gasteiger partial charge in [0.2, 0.25) is 0 Å². The van der Waals surface area contributed by atoms with Gasteiger partial charge in [0.1, 0.15) is 6.33 Å². The second-order valence-corrected chi connectivity index (χ2v) is 10.1. The van der Waals surface area contributed by atoms with Crippen LogP contribution in [0.2, 0.25) is 0 Å². The molecule has 0 amide bonds. The number of fused-ring (bicyclic) bond motifs is 1. The van der Waals surface area contributed by atoms with E-state index in [0.717, 1.165) is 9.54 Å². The van der Waals surface area contributed by atoms with Crippen molar-refractivity contribution in [1.82, 2.24) is 19.3 Å². The van der Waals surface area contributed by atoms with Crippen LogP contribution in [-0.4, -0.2) is 58.6 Å². The molecule has 3 aromatic rings. The smallest absolute Gasteiger partial charge is 0.475 e. The summed E-state index contributed by atoms with van der Waals surface area (Å²) in [6, 6.07) is 8.21. The Morgan fingerprint density at radius 3 is 2.42 bits per heavy atom. The van der Waals surface area contributed by atoms with Crippen molar-refractivity contribution in [1.29, 1.82) is 0 Å². The van der Waals surface area contributed by atoms with E-state index >= 15 is 0 Å². The highest BCUT2D eigenvalue weighted by Crippen LogP contribution is 2.33. The van der Waals surface area contributed by atoms with Gasteiger partial charge in [-0.3, -0.25) is 0 Å². The number of rotatable bonds is 5. The molecular formula is C22H23F5N4O4S. The van der Waals surface area contributed by atoms with Crippen LogP contribution in [-0.2, 0) is 21.2 Å². The fourth-order valence-electron chi connectivity index (χ4n) is 3.75. The van der Waals surface area contributed by atoms with E-state index < -0.39 is 34.0 Å². The van der Waals surface area contributed by atoms with Crippen molar-refractivity contribution < 1.29 is 40.3 Å². The van der Waals surface area contributed by atoms with E-state index in [-0.39, 0.29) is 23.5 Å². The Morgan fingerprint density at radius 1 is 1.19 bits per heavy atom. The number of aliphatic carboxylic acids is 1. The molecule has 0 bridgehead atoms. The second kappa shape index (κ2) is 10.5. The molecule has 1 aromatic carbocycles. The van der Waals surface area contributed by atoms with Crippen molar-refractivity contribution >= 4 is 27.0 Å². The maximum Gasteiger partial charge on any atom is 0.490 e. The van der Waals surface area contributed by atoms with Gasteiger partial charge in [0.25, 0.3) is 15.9 Å². The van der Waals surface area contributed by atoms with E-state index in [2.05, 4.69) is 15.3 Å².